The highest BCUT2D eigenvalue weighted by Gasteiger charge is 2.24. The maximum Gasteiger partial charge on any atom is 0.253 e. The normalized spacial score (nSPS) is 17.5. The van der Waals surface area contributed by atoms with Crippen LogP contribution in [0.25, 0.3) is 0 Å². The number of rotatable bonds is 2. The van der Waals surface area contributed by atoms with Crippen molar-refractivity contribution < 1.29 is 9.18 Å². The van der Waals surface area contributed by atoms with Gasteiger partial charge in [0.1, 0.15) is 5.82 Å². The first-order valence-corrected chi connectivity index (χ1v) is 6.88. The van der Waals surface area contributed by atoms with E-state index in [0.29, 0.717) is 5.56 Å². The number of carbonyl (C=O) groups excluding carboxylic acids is 1. The molecule has 0 atom stereocenters. The van der Waals surface area contributed by atoms with E-state index < -0.39 is 5.82 Å². The quantitative estimate of drug-likeness (QED) is 0.841. The highest BCUT2D eigenvalue weighted by molar-refractivity contribution is 7.80. The number of hydrogen-bond donors (Lipinski definition) is 1. The molecule has 0 aliphatic carbocycles. The van der Waals surface area contributed by atoms with Gasteiger partial charge in [-0.1, -0.05) is 0 Å². The molecule has 0 bridgehead atoms. The summed E-state index contributed by atoms with van der Waals surface area (Å²) in [6, 6.07) is 4.56. The summed E-state index contributed by atoms with van der Waals surface area (Å²) in [7, 11) is 3.91. The first kappa shape index (κ1) is 14.3. The Balaban J connectivity index is 2.08. The molecule has 2 rings (SSSR count). The van der Waals surface area contributed by atoms with Gasteiger partial charge in [-0.2, -0.15) is 0 Å². The topological polar surface area (TPSA) is 23.6 Å². The lowest BCUT2D eigenvalue weighted by molar-refractivity contribution is 0.0659. The average molecular weight is 282 g/mol. The van der Waals surface area contributed by atoms with Crippen molar-refractivity contribution in [2.24, 2.45) is 0 Å². The van der Waals surface area contributed by atoms with Crippen LogP contribution in [0.5, 0.6) is 0 Å². The van der Waals surface area contributed by atoms with Crippen molar-refractivity contribution in [1.29, 1.82) is 0 Å². The molecule has 1 aliphatic heterocycles. The molecule has 0 saturated carbocycles. The number of nitrogens with zero attached hydrogens (tertiary/aromatic N) is 2. The summed E-state index contributed by atoms with van der Waals surface area (Å²) in [5.41, 5.74) is 0.493. The van der Waals surface area contributed by atoms with E-state index in [2.05, 4.69) is 24.6 Å². The van der Waals surface area contributed by atoms with Crippen LogP contribution in [0.15, 0.2) is 23.1 Å². The van der Waals surface area contributed by atoms with Gasteiger partial charge in [0.25, 0.3) is 5.91 Å². The lowest BCUT2D eigenvalue weighted by Gasteiger charge is -2.35. The SMILES string of the molecule is CN1CCC(N(C)C(=O)c2ccc(F)c(S)c2)CC1. The molecule has 0 radical (unpaired) electrons. The van der Waals surface area contributed by atoms with E-state index in [1.54, 1.807) is 4.90 Å². The third kappa shape index (κ3) is 3.28. The molecule has 1 aliphatic rings. The average Bonchev–Trinajstić information content (AvgIpc) is 2.41. The summed E-state index contributed by atoms with van der Waals surface area (Å²) < 4.78 is 13.2. The van der Waals surface area contributed by atoms with Gasteiger partial charge in [0.2, 0.25) is 0 Å². The number of carbonyl (C=O) groups is 1. The number of thiol groups is 1. The molecule has 0 spiro atoms. The highest BCUT2D eigenvalue weighted by Crippen LogP contribution is 2.19. The predicted molar refractivity (Wildman–Crippen MR) is 76.3 cm³/mol. The molecule has 1 saturated heterocycles. The molecule has 1 fully saturated rings. The Morgan fingerprint density at radius 2 is 2.05 bits per heavy atom. The standard InChI is InChI=1S/C14H19FN2OS/c1-16-7-5-11(6-8-16)17(2)14(18)10-3-4-12(15)13(19)9-10/h3-4,9,11,19H,5-8H2,1-2H3. The lowest BCUT2D eigenvalue weighted by atomic mass is 10.0. The van der Waals surface area contributed by atoms with E-state index in [4.69, 9.17) is 0 Å². The Labute approximate surface area is 118 Å². The summed E-state index contributed by atoms with van der Waals surface area (Å²) >= 11 is 4.02. The maximum absolute atomic E-state index is 13.2. The number of likely N-dealkylation sites (tertiary alicyclic amines) is 1. The summed E-state index contributed by atoms with van der Waals surface area (Å²) in [4.78, 5) is 16.6. The van der Waals surface area contributed by atoms with E-state index >= 15 is 0 Å². The second-order valence-corrected chi connectivity index (χ2v) is 5.60. The second-order valence-electron chi connectivity index (χ2n) is 5.12. The third-order valence-electron chi connectivity index (χ3n) is 3.75. The number of benzene rings is 1. The Hall–Kier alpha value is -1.07. The molecule has 1 aromatic carbocycles. The van der Waals surface area contributed by atoms with Gasteiger partial charge < -0.3 is 9.80 Å². The van der Waals surface area contributed by atoms with Crippen molar-refractivity contribution in [1.82, 2.24) is 9.80 Å². The molecule has 1 aromatic rings. The van der Waals surface area contributed by atoms with Crippen molar-refractivity contribution in [2.75, 3.05) is 27.2 Å². The van der Waals surface area contributed by atoms with Gasteiger partial charge in [-0.05, 0) is 51.2 Å². The van der Waals surface area contributed by atoms with E-state index in [0.717, 1.165) is 25.9 Å². The zero-order chi connectivity index (χ0) is 14.0. The Bertz CT molecular complexity index is 473. The van der Waals surface area contributed by atoms with Crippen molar-refractivity contribution in [3.05, 3.63) is 29.6 Å². The smallest absolute Gasteiger partial charge is 0.253 e. The maximum atomic E-state index is 13.2. The number of amides is 1. The van der Waals surface area contributed by atoms with Crippen LogP contribution in [0.4, 0.5) is 4.39 Å². The number of halogens is 1. The van der Waals surface area contributed by atoms with Crippen LogP contribution in [0.2, 0.25) is 0 Å². The molecule has 104 valence electrons. The molecule has 0 N–H and O–H groups in total. The van der Waals surface area contributed by atoms with Gasteiger partial charge >= 0.3 is 0 Å². The predicted octanol–water partition coefficient (Wildman–Crippen LogP) is 2.28. The van der Waals surface area contributed by atoms with Crippen molar-refractivity contribution in [2.45, 2.75) is 23.8 Å². The highest BCUT2D eigenvalue weighted by atomic mass is 32.1. The zero-order valence-electron chi connectivity index (χ0n) is 11.3. The first-order chi connectivity index (χ1) is 8.99. The minimum atomic E-state index is -0.401. The molecule has 0 unspecified atom stereocenters. The summed E-state index contributed by atoms with van der Waals surface area (Å²) in [6.45, 7) is 2.01. The van der Waals surface area contributed by atoms with Crippen LogP contribution in [-0.2, 0) is 0 Å². The fourth-order valence-electron chi connectivity index (χ4n) is 2.40. The fourth-order valence-corrected chi connectivity index (χ4v) is 2.61. The van der Waals surface area contributed by atoms with Crippen LogP contribution < -0.4 is 0 Å². The molecule has 19 heavy (non-hydrogen) atoms. The minimum absolute atomic E-state index is 0.0650. The van der Waals surface area contributed by atoms with Crippen molar-refractivity contribution in [3.8, 4) is 0 Å². The number of piperidine rings is 1. The first-order valence-electron chi connectivity index (χ1n) is 6.43. The number of hydrogen-bond acceptors (Lipinski definition) is 3. The Morgan fingerprint density at radius 3 is 2.63 bits per heavy atom. The van der Waals surface area contributed by atoms with E-state index in [1.807, 2.05) is 7.05 Å². The van der Waals surface area contributed by atoms with Gasteiger partial charge in [-0.3, -0.25) is 4.79 Å². The van der Waals surface area contributed by atoms with Gasteiger partial charge in [0.05, 0.1) is 0 Å². The lowest BCUT2D eigenvalue weighted by Crippen LogP contribution is -2.44. The Kier molecular flexibility index (Phi) is 4.47. The van der Waals surface area contributed by atoms with Crippen LogP contribution in [0.3, 0.4) is 0 Å². The minimum Gasteiger partial charge on any atom is -0.339 e. The van der Waals surface area contributed by atoms with Gasteiger partial charge in [-0.25, -0.2) is 4.39 Å². The molecule has 5 heteroatoms. The molecule has 1 amide bonds. The monoisotopic (exact) mass is 282 g/mol. The van der Waals surface area contributed by atoms with E-state index in [9.17, 15) is 9.18 Å². The molecule has 1 heterocycles. The van der Waals surface area contributed by atoms with Crippen LogP contribution in [0, 0.1) is 5.82 Å². The van der Waals surface area contributed by atoms with Crippen LogP contribution in [-0.4, -0.2) is 48.9 Å². The fraction of sp³-hybridized carbons (Fsp3) is 0.500. The molecule has 0 aromatic heterocycles. The second kappa shape index (κ2) is 5.92. The van der Waals surface area contributed by atoms with Crippen LogP contribution >= 0.6 is 12.6 Å². The summed E-state index contributed by atoms with van der Waals surface area (Å²) in [5.74, 6) is -0.466. The largest absolute Gasteiger partial charge is 0.339 e. The van der Waals surface area contributed by atoms with E-state index in [-0.39, 0.29) is 16.8 Å². The van der Waals surface area contributed by atoms with Crippen molar-refractivity contribution >= 4 is 18.5 Å². The molecular formula is C14H19FN2OS. The molecular weight excluding hydrogens is 263 g/mol. The zero-order valence-corrected chi connectivity index (χ0v) is 12.2. The van der Waals surface area contributed by atoms with Gasteiger partial charge in [-0.15, -0.1) is 12.6 Å². The van der Waals surface area contributed by atoms with Crippen molar-refractivity contribution in [3.63, 3.8) is 0 Å². The van der Waals surface area contributed by atoms with Crippen LogP contribution in [0.1, 0.15) is 23.2 Å². The van der Waals surface area contributed by atoms with Gasteiger partial charge in [0.15, 0.2) is 0 Å². The van der Waals surface area contributed by atoms with E-state index in [1.165, 1.54) is 18.2 Å². The summed E-state index contributed by atoms with van der Waals surface area (Å²) in [5, 5.41) is 0. The third-order valence-corrected chi connectivity index (χ3v) is 4.09. The van der Waals surface area contributed by atoms with Gasteiger partial charge in [0, 0.05) is 23.5 Å². The summed E-state index contributed by atoms with van der Waals surface area (Å²) in [6.07, 6.45) is 1.96. The molecule has 3 nitrogen and oxygen atoms in total. The Morgan fingerprint density at radius 1 is 1.42 bits per heavy atom.